The Hall–Kier alpha value is -0.130. The van der Waals surface area contributed by atoms with Crippen molar-refractivity contribution in [3.05, 3.63) is 0 Å². The van der Waals surface area contributed by atoms with Crippen molar-refractivity contribution in [2.75, 3.05) is 25.4 Å². The lowest BCUT2D eigenvalue weighted by Gasteiger charge is -2.21. The van der Waals surface area contributed by atoms with Gasteiger partial charge in [0, 0.05) is 19.1 Å². The average molecular weight is 290 g/mol. The summed E-state index contributed by atoms with van der Waals surface area (Å²) in [6, 6.07) is 0.475. The van der Waals surface area contributed by atoms with Gasteiger partial charge < -0.3 is 5.32 Å². The van der Waals surface area contributed by atoms with Gasteiger partial charge in [0.25, 0.3) is 0 Å². The van der Waals surface area contributed by atoms with Crippen LogP contribution in [0.15, 0.2) is 0 Å². The van der Waals surface area contributed by atoms with Crippen molar-refractivity contribution in [2.45, 2.75) is 58.9 Å². The van der Waals surface area contributed by atoms with Gasteiger partial charge in [0.2, 0.25) is 10.0 Å². The van der Waals surface area contributed by atoms with Crippen LogP contribution in [0.25, 0.3) is 0 Å². The van der Waals surface area contributed by atoms with Crippen molar-refractivity contribution in [3.63, 3.8) is 0 Å². The topological polar surface area (TPSA) is 49.4 Å². The van der Waals surface area contributed by atoms with Crippen molar-refractivity contribution < 1.29 is 8.42 Å². The molecule has 1 aliphatic carbocycles. The van der Waals surface area contributed by atoms with Crippen LogP contribution >= 0.6 is 0 Å². The van der Waals surface area contributed by atoms with Gasteiger partial charge in [0.1, 0.15) is 0 Å². The van der Waals surface area contributed by atoms with Crippen LogP contribution in [-0.2, 0) is 10.0 Å². The largest absolute Gasteiger partial charge is 0.315 e. The fraction of sp³-hybridized carbons (Fsp3) is 1.00. The summed E-state index contributed by atoms with van der Waals surface area (Å²) in [7, 11) is -3.03. The molecule has 1 fully saturated rings. The lowest BCUT2D eigenvalue weighted by Crippen LogP contribution is -2.35. The Balaban J connectivity index is 2.29. The van der Waals surface area contributed by atoms with E-state index >= 15 is 0 Å². The monoisotopic (exact) mass is 290 g/mol. The maximum atomic E-state index is 12.3. The molecule has 0 bridgehead atoms. The number of hydrogen-bond acceptors (Lipinski definition) is 3. The predicted molar refractivity (Wildman–Crippen MR) is 80.7 cm³/mol. The minimum atomic E-state index is -3.03. The molecule has 0 spiro atoms. The van der Waals surface area contributed by atoms with Crippen LogP contribution in [0.3, 0.4) is 0 Å². The van der Waals surface area contributed by atoms with E-state index in [-0.39, 0.29) is 0 Å². The fourth-order valence-electron chi connectivity index (χ4n) is 2.11. The van der Waals surface area contributed by atoms with Crippen LogP contribution < -0.4 is 5.32 Å². The Morgan fingerprint density at radius 3 is 2.47 bits per heavy atom. The Kier molecular flexibility index (Phi) is 7.32. The van der Waals surface area contributed by atoms with Crippen LogP contribution in [0.5, 0.6) is 0 Å². The van der Waals surface area contributed by atoms with Gasteiger partial charge in [-0.2, -0.15) is 0 Å². The smallest absolute Gasteiger partial charge is 0.214 e. The highest BCUT2D eigenvalue weighted by molar-refractivity contribution is 7.89. The number of unbranched alkanes of at least 4 members (excludes halogenated alkanes) is 1. The Labute approximate surface area is 119 Å². The van der Waals surface area contributed by atoms with Gasteiger partial charge in [-0.15, -0.1) is 0 Å². The highest BCUT2D eigenvalue weighted by Gasteiger charge is 2.29. The Morgan fingerprint density at radius 2 is 1.95 bits per heavy atom. The summed E-state index contributed by atoms with van der Waals surface area (Å²) in [5, 5.41) is 3.32. The number of hydrogen-bond donors (Lipinski definition) is 1. The molecular formula is C14H30N2O2S. The van der Waals surface area contributed by atoms with E-state index in [4.69, 9.17) is 0 Å². The lowest BCUT2D eigenvalue weighted by molar-refractivity contribution is 0.394. The molecule has 0 aromatic heterocycles. The van der Waals surface area contributed by atoms with Crippen molar-refractivity contribution >= 4 is 10.0 Å². The third kappa shape index (κ3) is 7.28. The Morgan fingerprint density at radius 1 is 1.26 bits per heavy atom. The van der Waals surface area contributed by atoms with Gasteiger partial charge in [-0.1, -0.05) is 20.8 Å². The normalized spacial score (nSPS) is 16.5. The van der Waals surface area contributed by atoms with E-state index < -0.39 is 10.0 Å². The highest BCUT2D eigenvalue weighted by atomic mass is 32.2. The van der Waals surface area contributed by atoms with E-state index in [1.807, 2.05) is 6.92 Å². The van der Waals surface area contributed by atoms with E-state index in [0.29, 0.717) is 24.3 Å². The van der Waals surface area contributed by atoms with E-state index in [9.17, 15) is 8.42 Å². The molecule has 0 aliphatic heterocycles. The zero-order valence-corrected chi connectivity index (χ0v) is 13.5. The van der Waals surface area contributed by atoms with Gasteiger partial charge in [0.05, 0.1) is 5.75 Å². The quantitative estimate of drug-likeness (QED) is 0.594. The number of sulfonamides is 1. The molecule has 19 heavy (non-hydrogen) atoms. The summed E-state index contributed by atoms with van der Waals surface area (Å²) in [4.78, 5) is 0. The summed E-state index contributed by atoms with van der Waals surface area (Å²) >= 11 is 0. The van der Waals surface area contributed by atoms with Crippen LogP contribution in [0.1, 0.15) is 52.9 Å². The van der Waals surface area contributed by atoms with E-state index in [1.165, 1.54) is 12.8 Å². The number of nitrogens with one attached hydrogen (secondary N) is 1. The SMILES string of the molecule is CCCN(CC1CC1)S(=O)(=O)CCCCNC(C)C. The van der Waals surface area contributed by atoms with Crippen molar-refractivity contribution in [3.8, 4) is 0 Å². The number of nitrogens with zero attached hydrogens (tertiary/aromatic N) is 1. The van der Waals surface area contributed by atoms with Crippen LogP contribution in [-0.4, -0.2) is 44.2 Å². The summed E-state index contributed by atoms with van der Waals surface area (Å²) in [5.74, 6) is 0.934. The lowest BCUT2D eigenvalue weighted by atomic mass is 10.3. The second-order valence-corrected chi connectivity index (χ2v) is 8.02. The van der Waals surface area contributed by atoms with Crippen molar-refractivity contribution in [2.24, 2.45) is 5.92 Å². The molecular weight excluding hydrogens is 260 g/mol. The van der Waals surface area contributed by atoms with Gasteiger partial charge in [0.15, 0.2) is 0 Å². The summed E-state index contributed by atoms with van der Waals surface area (Å²) < 4.78 is 26.3. The molecule has 4 nitrogen and oxygen atoms in total. The first-order chi connectivity index (χ1) is 8.95. The van der Waals surface area contributed by atoms with Crippen molar-refractivity contribution in [1.82, 2.24) is 9.62 Å². The first kappa shape index (κ1) is 16.9. The van der Waals surface area contributed by atoms with Crippen LogP contribution in [0.2, 0.25) is 0 Å². The Bertz CT molecular complexity index is 337. The summed E-state index contributed by atoms with van der Waals surface area (Å²) in [6.45, 7) is 8.60. The maximum Gasteiger partial charge on any atom is 0.214 e. The van der Waals surface area contributed by atoms with Crippen LogP contribution in [0, 0.1) is 5.92 Å². The minimum Gasteiger partial charge on any atom is -0.315 e. The fourth-order valence-corrected chi connectivity index (χ4v) is 3.84. The second kappa shape index (κ2) is 8.22. The molecule has 0 saturated heterocycles. The van der Waals surface area contributed by atoms with E-state index in [1.54, 1.807) is 4.31 Å². The van der Waals surface area contributed by atoms with Gasteiger partial charge >= 0.3 is 0 Å². The van der Waals surface area contributed by atoms with Crippen LogP contribution in [0.4, 0.5) is 0 Å². The molecule has 1 saturated carbocycles. The standard InChI is InChI=1S/C14H30N2O2S/c1-4-10-16(12-14-7-8-14)19(17,18)11-6-5-9-15-13(2)3/h13-15H,4-12H2,1-3H3. The highest BCUT2D eigenvalue weighted by Crippen LogP contribution is 2.30. The molecule has 1 N–H and O–H groups in total. The molecule has 0 unspecified atom stereocenters. The summed E-state index contributed by atoms with van der Waals surface area (Å²) in [6.07, 6.45) is 5.00. The number of rotatable bonds is 11. The first-order valence-corrected chi connectivity index (χ1v) is 9.27. The third-order valence-corrected chi connectivity index (χ3v) is 5.33. The first-order valence-electron chi connectivity index (χ1n) is 7.67. The zero-order chi connectivity index (χ0) is 14.3. The molecule has 0 aromatic carbocycles. The predicted octanol–water partition coefficient (Wildman–Crippen LogP) is 2.22. The molecule has 0 amide bonds. The second-order valence-electron chi connectivity index (χ2n) is 5.93. The van der Waals surface area contributed by atoms with E-state index in [2.05, 4.69) is 19.2 Å². The van der Waals surface area contributed by atoms with Gasteiger partial charge in [-0.05, 0) is 44.6 Å². The molecule has 1 rings (SSSR count). The minimum absolute atomic E-state index is 0.305. The third-order valence-electron chi connectivity index (χ3n) is 3.41. The van der Waals surface area contributed by atoms with Gasteiger partial charge in [-0.3, -0.25) is 0 Å². The molecule has 0 atom stereocenters. The van der Waals surface area contributed by atoms with E-state index in [0.717, 1.165) is 32.4 Å². The maximum absolute atomic E-state index is 12.3. The average Bonchev–Trinajstić information content (AvgIpc) is 3.11. The molecule has 114 valence electrons. The zero-order valence-electron chi connectivity index (χ0n) is 12.7. The molecule has 1 aliphatic rings. The molecule has 0 radical (unpaired) electrons. The van der Waals surface area contributed by atoms with Gasteiger partial charge in [-0.25, -0.2) is 12.7 Å². The molecule has 0 heterocycles. The molecule has 0 aromatic rings. The van der Waals surface area contributed by atoms with Crippen molar-refractivity contribution in [1.29, 1.82) is 0 Å². The molecule has 5 heteroatoms. The summed E-state index contributed by atoms with van der Waals surface area (Å²) in [5.41, 5.74) is 0.